The van der Waals surface area contributed by atoms with E-state index in [2.05, 4.69) is 10.3 Å². The maximum atomic E-state index is 14.5. The van der Waals surface area contributed by atoms with Gasteiger partial charge in [-0.15, -0.1) is 5.10 Å². The van der Waals surface area contributed by atoms with Crippen LogP contribution in [0, 0.1) is 17.1 Å². The molecule has 0 bridgehead atoms. The zero-order valence-electron chi connectivity index (χ0n) is 24.1. The van der Waals surface area contributed by atoms with Crippen LogP contribution in [0.3, 0.4) is 0 Å². The number of hydrogen-bond acceptors (Lipinski definition) is 10. The largest absolute Gasteiger partial charge is 0.496 e. The normalized spacial score (nSPS) is 27.0. The lowest BCUT2D eigenvalue weighted by molar-refractivity contribution is -0.211. The molecule has 14 heteroatoms. The van der Waals surface area contributed by atoms with Gasteiger partial charge >= 0.3 is 0 Å². The average Bonchev–Trinajstić information content (AvgIpc) is 3.51. The number of halogens is 2. The van der Waals surface area contributed by atoms with Crippen LogP contribution in [0.2, 0.25) is 5.02 Å². The van der Waals surface area contributed by atoms with Gasteiger partial charge in [0.25, 0.3) is 5.91 Å². The summed E-state index contributed by atoms with van der Waals surface area (Å²) >= 11 is 6.32. The summed E-state index contributed by atoms with van der Waals surface area (Å²) in [6, 6.07) is 8.69. The number of anilines is 1. The Labute approximate surface area is 258 Å². The summed E-state index contributed by atoms with van der Waals surface area (Å²) in [7, 11) is 2.77. The van der Waals surface area contributed by atoms with E-state index >= 15 is 0 Å². The van der Waals surface area contributed by atoms with Crippen LogP contribution >= 0.6 is 11.6 Å². The van der Waals surface area contributed by atoms with Crippen LogP contribution in [0.1, 0.15) is 37.3 Å². The number of aromatic nitrogens is 3. The van der Waals surface area contributed by atoms with Gasteiger partial charge in [-0.1, -0.05) is 29.7 Å². The van der Waals surface area contributed by atoms with Gasteiger partial charge in [0.2, 0.25) is 0 Å². The zero-order chi connectivity index (χ0) is 31.5. The van der Waals surface area contributed by atoms with E-state index in [0.29, 0.717) is 24.2 Å². The maximum Gasteiger partial charge on any atom is 0.259 e. The minimum Gasteiger partial charge on any atom is -0.496 e. The minimum atomic E-state index is -1.40. The number of nitriles is 1. The average molecular weight is 630 g/mol. The molecule has 0 radical (unpaired) electrons. The van der Waals surface area contributed by atoms with Gasteiger partial charge in [0.1, 0.15) is 41.6 Å². The van der Waals surface area contributed by atoms with Gasteiger partial charge in [-0.25, -0.2) is 9.07 Å². The van der Waals surface area contributed by atoms with E-state index in [4.69, 9.17) is 25.8 Å². The first-order chi connectivity index (χ1) is 21.2. The van der Waals surface area contributed by atoms with E-state index in [1.54, 1.807) is 0 Å². The fraction of sp³-hybridized carbons (Fsp3) is 0.467. The van der Waals surface area contributed by atoms with Crippen molar-refractivity contribution in [2.75, 3.05) is 25.7 Å². The molecule has 44 heavy (non-hydrogen) atoms. The van der Waals surface area contributed by atoms with E-state index in [9.17, 15) is 29.8 Å². The highest BCUT2D eigenvalue weighted by Gasteiger charge is 2.52. The Balaban J connectivity index is 1.57. The van der Waals surface area contributed by atoms with Crippen LogP contribution in [-0.2, 0) is 14.3 Å². The van der Waals surface area contributed by atoms with Gasteiger partial charge in [-0.2, -0.15) is 5.26 Å². The van der Waals surface area contributed by atoms with Crippen LogP contribution in [-0.4, -0.2) is 93.6 Å². The van der Waals surface area contributed by atoms with E-state index in [1.165, 1.54) is 66.4 Å². The Morgan fingerprint density at radius 1 is 1.23 bits per heavy atom. The highest BCUT2D eigenvalue weighted by atomic mass is 35.5. The Hall–Kier alpha value is -3.64. The smallest absolute Gasteiger partial charge is 0.259 e. The van der Waals surface area contributed by atoms with E-state index in [-0.39, 0.29) is 22.0 Å². The first-order valence-corrected chi connectivity index (χ1v) is 14.5. The van der Waals surface area contributed by atoms with Crippen molar-refractivity contribution in [3.63, 3.8) is 0 Å². The third-order valence-electron chi connectivity index (χ3n) is 8.19. The van der Waals surface area contributed by atoms with Gasteiger partial charge < -0.3 is 34.4 Å². The summed E-state index contributed by atoms with van der Waals surface area (Å²) in [5.74, 6) is -0.806. The predicted octanol–water partition coefficient (Wildman–Crippen LogP) is 2.63. The van der Waals surface area contributed by atoms with Gasteiger partial charge in [0.05, 0.1) is 43.7 Å². The van der Waals surface area contributed by atoms with Crippen LogP contribution in [0.5, 0.6) is 5.75 Å². The van der Waals surface area contributed by atoms with E-state index in [0.717, 1.165) is 12.8 Å². The van der Waals surface area contributed by atoms with Crippen LogP contribution in [0.25, 0.3) is 11.3 Å². The predicted molar refractivity (Wildman–Crippen MR) is 155 cm³/mol. The highest BCUT2D eigenvalue weighted by Crippen LogP contribution is 2.38. The highest BCUT2D eigenvalue weighted by molar-refractivity contribution is 6.31. The van der Waals surface area contributed by atoms with Gasteiger partial charge in [0, 0.05) is 23.4 Å². The van der Waals surface area contributed by atoms with Crippen molar-refractivity contribution in [3.05, 3.63) is 59.0 Å². The molecule has 2 aromatic carbocycles. The first-order valence-electron chi connectivity index (χ1n) is 14.2. The number of ether oxygens (including phenoxy) is 3. The molecular formula is C30H33ClFN5O7. The molecule has 5 unspecified atom stereocenters. The summed E-state index contributed by atoms with van der Waals surface area (Å²) in [5.41, 5.74) is 1.04. The van der Waals surface area contributed by atoms with Crippen LogP contribution < -0.4 is 9.64 Å². The Bertz CT molecular complexity index is 1530. The lowest BCUT2D eigenvalue weighted by Crippen LogP contribution is -2.63. The molecule has 1 aliphatic carbocycles. The van der Waals surface area contributed by atoms with Crippen molar-refractivity contribution in [2.24, 2.45) is 0 Å². The second-order valence-corrected chi connectivity index (χ2v) is 11.3. The van der Waals surface area contributed by atoms with Crippen LogP contribution in [0.4, 0.5) is 10.1 Å². The molecule has 1 saturated heterocycles. The fourth-order valence-corrected chi connectivity index (χ4v) is 6.30. The number of methoxy groups -OCH3 is 2. The molecule has 1 aromatic heterocycles. The van der Waals surface area contributed by atoms with Crippen molar-refractivity contribution < 1.29 is 38.7 Å². The van der Waals surface area contributed by atoms with Gasteiger partial charge in [-0.05, 0) is 49.2 Å². The van der Waals surface area contributed by atoms with E-state index in [1.807, 2.05) is 6.07 Å². The van der Waals surface area contributed by atoms with Crippen LogP contribution in [0.15, 0.2) is 42.6 Å². The summed E-state index contributed by atoms with van der Waals surface area (Å²) in [5, 5.41) is 50.6. The number of rotatable bonds is 8. The topological polar surface area (TPSA) is 163 Å². The van der Waals surface area contributed by atoms with Crippen molar-refractivity contribution in [1.82, 2.24) is 15.0 Å². The molecule has 234 valence electrons. The van der Waals surface area contributed by atoms with E-state index < -0.39 is 60.9 Å². The third kappa shape index (κ3) is 6.14. The van der Waals surface area contributed by atoms with Crippen molar-refractivity contribution in [2.45, 2.75) is 68.3 Å². The lowest BCUT2D eigenvalue weighted by Gasteiger charge is -2.46. The SMILES string of the molecule is COc1ccc(F)cc1-c1cn(C2C(O)C(CO)OC(C(=O)N(c3cc(Cl)cc(C#N)c3)[C@H]3CCCC[C@@H]3O)C2OC)nn1. The second-order valence-electron chi connectivity index (χ2n) is 10.8. The van der Waals surface area contributed by atoms with Crippen molar-refractivity contribution in [3.8, 4) is 23.1 Å². The standard InChI is InChI=1S/C30H33ClFN5O7/c1-42-24-8-7-18(32)12-20(24)21-14-36(35-34-21)26-27(40)25(15-38)44-29(28(26)43-2)30(41)37(22-5-3-4-6-23(22)39)19-10-16(13-33)9-17(31)11-19/h7-12,14,22-23,25-29,38-40H,3-6,15H2,1-2H3/t22-,23-,25?,26?,27?,28?,29?/m0/s1. The number of hydrogen-bond donors (Lipinski definition) is 3. The number of carbonyl (C=O) groups is 1. The molecule has 2 fully saturated rings. The molecule has 1 saturated carbocycles. The molecule has 5 rings (SSSR count). The monoisotopic (exact) mass is 629 g/mol. The Morgan fingerprint density at radius 3 is 2.68 bits per heavy atom. The van der Waals surface area contributed by atoms with Crippen molar-refractivity contribution >= 4 is 23.2 Å². The molecule has 1 aliphatic heterocycles. The van der Waals surface area contributed by atoms with Crippen molar-refractivity contribution in [1.29, 1.82) is 5.26 Å². The number of aliphatic hydroxyl groups excluding tert-OH is 3. The molecule has 2 aliphatic rings. The lowest BCUT2D eigenvalue weighted by atomic mass is 9.88. The number of amides is 1. The molecule has 3 N–H and O–H groups in total. The molecule has 0 spiro atoms. The maximum absolute atomic E-state index is 14.5. The summed E-state index contributed by atoms with van der Waals surface area (Å²) in [6.07, 6.45) is -2.13. The number of nitrogens with zero attached hydrogens (tertiary/aromatic N) is 5. The molecule has 2 heterocycles. The fourth-order valence-electron chi connectivity index (χ4n) is 6.08. The van der Waals surface area contributed by atoms with Gasteiger partial charge in [-0.3, -0.25) is 4.79 Å². The number of carbonyl (C=O) groups excluding carboxylic acids is 1. The summed E-state index contributed by atoms with van der Waals surface area (Å²) in [4.78, 5) is 15.9. The molecule has 3 aromatic rings. The minimum absolute atomic E-state index is 0.216. The van der Waals surface area contributed by atoms with Gasteiger partial charge in [0.15, 0.2) is 6.10 Å². The summed E-state index contributed by atoms with van der Waals surface area (Å²) < 4.78 is 32.5. The second kappa shape index (κ2) is 13.6. The molecular weight excluding hydrogens is 597 g/mol. The Morgan fingerprint density at radius 2 is 2.00 bits per heavy atom. The molecule has 7 atom stereocenters. The molecule has 12 nitrogen and oxygen atoms in total. The number of benzene rings is 2. The Kier molecular flexibility index (Phi) is 9.79. The number of aliphatic hydroxyl groups is 3. The summed E-state index contributed by atoms with van der Waals surface area (Å²) in [6.45, 7) is -0.640. The molecule has 1 amide bonds. The quantitative estimate of drug-likeness (QED) is 0.337. The zero-order valence-corrected chi connectivity index (χ0v) is 24.8. The first kappa shape index (κ1) is 31.8. The third-order valence-corrected chi connectivity index (χ3v) is 8.41.